The van der Waals surface area contributed by atoms with Gasteiger partial charge in [-0.15, -0.1) is 0 Å². The molecule has 1 aliphatic rings. The van der Waals surface area contributed by atoms with Gasteiger partial charge in [-0.25, -0.2) is 13.4 Å². The lowest BCUT2D eigenvalue weighted by Crippen LogP contribution is -2.41. The van der Waals surface area contributed by atoms with Crippen LogP contribution < -0.4 is 10.1 Å². The molecule has 0 radical (unpaired) electrons. The Morgan fingerprint density at radius 1 is 1.17 bits per heavy atom. The molecule has 1 amide bonds. The first-order valence-corrected chi connectivity index (χ1v) is 11.9. The van der Waals surface area contributed by atoms with E-state index in [1.54, 1.807) is 31.4 Å². The molecule has 0 unspecified atom stereocenters. The summed E-state index contributed by atoms with van der Waals surface area (Å²) in [6.07, 6.45) is 0.964. The fraction of sp³-hybridized carbons (Fsp3) is 0.333. The summed E-state index contributed by atoms with van der Waals surface area (Å²) in [7, 11) is -1.92. The molecule has 3 aromatic rings. The van der Waals surface area contributed by atoms with Crippen molar-refractivity contribution in [2.45, 2.75) is 24.7 Å². The van der Waals surface area contributed by atoms with Gasteiger partial charge in [0.05, 0.1) is 22.2 Å². The van der Waals surface area contributed by atoms with Crippen molar-refractivity contribution in [3.8, 4) is 5.75 Å². The molecule has 1 N–H and O–H groups in total. The number of aromatic nitrogens is 1. The second-order valence-electron chi connectivity index (χ2n) is 7.33. The number of sulfonamides is 1. The van der Waals surface area contributed by atoms with Crippen LogP contribution in [0.3, 0.4) is 0 Å². The van der Waals surface area contributed by atoms with Crippen LogP contribution in [0.15, 0.2) is 47.4 Å². The Morgan fingerprint density at radius 3 is 2.53 bits per heavy atom. The minimum atomic E-state index is -3.53. The van der Waals surface area contributed by atoms with Crippen molar-refractivity contribution in [3.05, 3.63) is 48.0 Å². The van der Waals surface area contributed by atoms with Crippen LogP contribution in [0.25, 0.3) is 10.2 Å². The maximum absolute atomic E-state index is 12.8. The third-order valence-corrected chi connectivity index (χ3v) is 8.16. The standard InChI is InChI=1S/C21H23N3O4S2/c1-14-3-6-17(7-4-14)30(26,27)24-11-9-15(10-12-24)20(25)23-21-22-18-8-5-16(28-2)13-19(18)29-21/h3-8,13,15H,9-12H2,1-2H3,(H,22,23,25). The van der Waals surface area contributed by atoms with Crippen LogP contribution in [-0.4, -0.2) is 43.8 Å². The summed E-state index contributed by atoms with van der Waals surface area (Å²) in [6.45, 7) is 2.57. The number of aryl methyl sites for hydroxylation is 1. The van der Waals surface area contributed by atoms with Crippen molar-refractivity contribution < 1.29 is 17.9 Å². The number of piperidine rings is 1. The first-order chi connectivity index (χ1) is 14.4. The second-order valence-corrected chi connectivity index (χ2v) is 10.3. The highest BCUT2D eigenvalue weighted by Gasteiger charge is 2.32. The second kappa shape index (κ2) is 8.33. The molecule has 9 heteroatoms. The molecule has 1 aliphatic heterocycles. The number of hydrogen-bond donors (Lipinski definition) is 1. The Morgan fingerprint density at radius 2 is 1.87 bits per heavy atom. The van der Waals surface area contributed by atoms with Gasteiger partial charge in [-0.05, 0) is 50.1 Å². The molecular weight excluding hydrogens is 422 g/mol. The van der Waals surface area contributed by atoms with Gasteiger partial charge in [-0.1, -0.05) is 29.0 Å². The first-order valence-electron chi connectivity index (χ1n) is 9.69. The minimum Gasteiger partial charge on any atom is -0.497 e. The lowest BCUT2D eigenvalue weighted by molar-refractivity contribution is -0.120. The van der Waals surface area contributed by atoms with Gasteiger partial charge >= 0.3 is 0 Å². The molecule has 0 atom stereocenters. The van der Waals surface area contributed by atoms with E-state index in [4.69, 9.17) is 4.74 Å². The van der Waals surface area contributed by atoms with E-state index in [1.165, 1.54) is 15.6 Å². The quantitative estimate of drug-likeness (QED) is 0.648. The predicted octanol–water partition coefficient (Wildman–Crippen LogP) is 3.65. The Hall–Kier alpha value is -2.49. The normalized spacial score (nSPS) is 15.9. The summed E-state index contributed by atoms with van der Waals surface area (Å²) in [5.74, 6) is 0.385. The van der Waals surface area contributed by atoms with E-state index < -0.39 is 10.0 Å². The van der Waals surface area contributed by atoms with E-state index in [1.807, 2.05) is 25.1 Å². The van der Waals surface area contributed by atoms with Crippen LogP contribution in [0.1, 0.15) is 18.4 Å². The first kappa shape index (κ1) is 20.8. The highest BCUT2D eigenvalue weighted by molar-refractivity contribution is 7.89. The zero-order valence-corrected chi connectivity index (χ0v) is 18.4. The van der Waals surface area contributed by atoms with E-state index in [9.17, 15) is 13.2 Å². The summed E-state index contributed by atoms with van der Waals surface area (Å²) >= 11 is 1.39. The van der Waals surface area contributed by atoms with Crippen LogP contribution in [0.2, 0.25) is 0 Å². The SMILES string of the molecule is COc1ccc2nc(NC(=O)C3CCN(S(=O)(=O)c4ccc(C)cc4)CC3)sc2c1. The fourth-order valence-electron chi connectivity index (χ4n) is 3.51. The molecule has 30 heavy (non-hydrogen) atoms. The van der Waals surface area contributed by atoms with Crippen LogP contribution in [0.5, 0.6) is 5.75 Å². The molecule has 2 heterocycles. The Kier molecular flexibility index (Phi) is 5.77. The molecule has 0 saturated carbocycles. The summed E-state index contributed by atoms with van der Waals surface area (Å²) in [4.78, 5) is 17.4. The summed E-state index contributed by atoms with van der Waals surface area (Å²) < 4.78 is 33.3. The highest BCUT2D eigenvalue weighted by Crippen LogP contribution is 2.30. The summed E-state index contributed by atoms with van der Waals surface area (Å²) in [6, 6.07) is 12.4. The van der Waals surface area contributed by atoms with Crippen LogP contribution in [0.4, 0.5) is 5.13 Å². The number of ether oxygens (including phenoxy) is 1. The molecule has 0 spiro atoms. The Bertz CT molecular complexity index is 1160. The third-order valence-electron chi connectivity index (χ3n) is 5.31. The van der Waals surface area contributed by atoms with E-state index in [0.717, 1.165) is 21.5 Å². The van der Waals surface area contributed by atoms with Gasteiger partial charge in [0.1, 0.15) is 5.75 Å². The smallest absolute Gasteiger partial charge is 0.243 e. The van der Waals surface area contributed by atoms with E-state index in [0.29, 0.717) is 36.0 Å². The van der Waals surface area contributed by atoms with Crippen molar-refractivity contribution in [3.63, 3.8) is 0 Å². The number of benzene rings is 2. The van der Waals surface area contributed by atoms with E-state index in [2.05, 4.69) is 10.3 Å². The number of methoxy groups -OCH3 is 1. The Labute approximate surface area is 179 Å². The van der Waals surface area contributed by atoms with Crippen LogP contribution in [-0.2, 0) is 14.8 Å². The van der Waals surface area contributed by atoms with Crippen molar-refractivity contribution in [2.24, 2.45) is 5.92 Å². The van der Waals surface area contributed by atoms with E-state index >= 15 is 0 Å². The van der Waals surface area contributed by atoms with Gasteiger partial charge in [0.2, 0.25) is 15.9 Å². The molecule has 0 aliphatic carbocycles. The monoisotopic (exact) mass is 445 g/mol. The van der Waals surface area contributed by atoms with Gasteiger partial charge in [0, 0.05) is 19.0 Å². The molecule has 2 aromatic carbocycles. The number of nitrogens with zero attached hydrogens (tertiary/aromatic N) is 2. The molecule has 1 saturated heterocycles. The number of fused-ring (bicyclic) bond motifs is 1. The molecule has 0 bridgehead atoms. The lowest BCUT2D eigenvalue weighted by atomic mass is 9.97. The molecule has 158 valence electrons. The van der Waals surface area contributed by atoms with Crippen molar-refractivity contribution in [2.75, 3.05) is 25.5 Å². The molecule has 1 aromatic heterocycles. The maximum atomic E-state index is 12.8. The largest absolute Gasteiger partial charge is 0.497 e. The zero-order valence-electron chi connectivity index (χ0n) is 16.8. The number of amides is 1. The van der Waals surface area contributed by atoms with Crippen molar-refractivity contribution in [1.29, 1.82) is 0 Å². The maximum Gasteiger partial charge on any atom is 0.243 e. The number of carbonyl (C=O) groups excluding carboxylic acids is 1. The van der Waals surface area contributed by atoms with Gasteiger partial charge in [-0.3, -0.25) is 4.79 Å². The van der Waals surface area contributed by atoms with Gasteiger partial charge < -0.3 is 10.1 Å². The summed E-state index contributed by atoms with van der Waals surface area (Å²) in [5.41, 5.74) is 1.81. The van der Waals surface area contributed by atoms with Gasteiger partial charge in [0.25, 0.3) is 0 Å². The van der Waals surface area contributed by atoms with Crippen LogP contribution in [0, 0.1) is 12.8 Å². The third kappa shape index (κ3) is 4.19. The van der Waals surface area contributed by atoms with Crippen molar-refractivity contribution in [1.82, 2.24) is 9.29 Å². The average Bonchev–Trinajstić information content (AvgIpc) is 3.15. The molecule has 7 nitrogen and oxygen atoms in total. The van der Waals surface area contributed by atoms with Crippen molar-refractivity contribution >= 4 is 42.6 Å². The van der Waals surface area contributed by atoms with Gasteiger partial charge in [-0.2, -0.15) is 4.31 Å². The van der Waals surface area contributed by atoms with E-state index in [-0.39, 0.29) is 11.8 Å². The number of nitrogens with one attached hydrogen (secondary N) is 1. The fourth-order valence-corrected chi connectivity index (χ4v) is 5.88. The number of rotatable bonds is 5. The Balaban J connectivity index is 1.39. The predicted molar refractivity (Wildman–Crippen MR) is 117 cm³/mol. The highest BCUT2D eigenvalue weighted by atomic mass is 32.2. The zero-order chi connectivity index (χ0) is 21.3. The van der Waals surface area contributed by atoms with Crippen LogP contribution >= 0.6 is 11.3 Å². The summed E-state index contributed by atoms with van der Waals surface area (Å²) in [5, 5.41) is 3.43. The number of thiazole rings is 1. The minimum absolute atomic E-state index is 0.117. The number of hydrogen-bond acceptors (Lipinski definition) is 6. The molecule has 1 fully saturated rings. The lowest BCUT2D eigenvalue weighted by Gasteiger charge is -2.30. The number of anilines is 1. The number of carbonyl (C=O) groups is 1. The molecular formula is C21H23N3O4S2. The molecule has 4 rings (SSSR count). The average molecular weight is 446 g/mol. The van der Waals surface area contributed by atoms with Gasteiger partial charge in [0.15, 0.2) is 5.13 Å². The topological polar surface area (TPSA) is 88.6 Å².